The fourth-order valence-corrected chi connectivity index (χ4v) is 3.12. The number of carbonyl (C=O) groups excluding carboxylic acids is 1. The van der Waals surface area contributed by atoms with Gasteiger partial charge in [-0.1, -0.05) is 29.8 Å². The van der Waals surface area contributed by atoms with Crippen LogP contribution < -0.4 is 9.64 Å². The van der Waals surface area contributed by atoms with Crippen molar-refractivity contribution in [2.75, 3.05) is 37.7 Å². The van der Waals surface area contributed by atoms with Crippen molar-refractivity contribution >= 4 is 11.6 Å². The molecule has 5 heteroatoms. The van der Waals surface area contributed by atoms with E-state index in [0.717, 1.165) is 17.0 Å². The number of ether oxygens (including phenoxy) is 1. The summed E-state index contributed by atoms with van der Waals surface area (Å²) >= 11 is 0. The zero-order valence-electron chi connectivity index (χ0n) is 14.7. The summed E-state index contributed by atoms with van der Waals surface area (Å²) in [6.45, 7) is 6.73. The van der Waals surface area contributed by atoms with Gasteiger partial charge in [-0.2, -0.15) is 0 Å². The maximum atomic E-state index is 12.4. The fraction of sp³-hybridized carbons (Fsp3) is 0.350. The summed E-state index contributed by atoms with van der Waals surface area (Å²) in [5.74, 6) is 1.03. The van der Waals surface area contributed by atoms with Crippen molar-refractivity contribution < 1.29 is 14.6 Å². The van der Waals surface area contributed by atoms with E-state index in [1.54, 1.807) is 6.07 Å². The van der Waals surface area contributed by atoms with Gasteiger partial charge in [0.05, 0.1) is 5.69 Å². The molecule has 2 aromatic rings. The van der Waals surface area contributed by atoms with Crippen LogP contribution in [0.3, 0.4) is 0 Å². The van der Waals surface area contributed by atoms with Crippen molar-refractivity contribution in [3.8, 4) is 11.5 Å². The second-order valence-electron chi connectivity index (χ2n) is 6.41. The summed E-state index contributed by atoms with van der Waals surface area (Å²) in [7, 11) is 0. The lowest BCUT2D eigenvalue weighted by Crippen LogP contribution is -2.50. The van der Waals surface area contributed by atoms with E-state index in [1.807, 2.05) is 55.1 Å². The molecule has 0 saturated carbocycles. The number of piperazine rings is 1. The van der Waals surface area contributed by atoms with E-state index in [4.69, 9.17) is 4.74 Å². The number of phenolic OH excluding ortho intramolecular Hbond substituents is 1. The molecule has 1 amide bonds. The molecule has 5 nitrogen and oxygen atoms in total. The Labute approximate surface area is 148 Å². The number of anilines is 1. The Balaban J connectivity index is 1.52. The lowest BCUT2D eigenvalue weighted by Gasteiger charge is -2.36. The lowest BCUT2D eigenvalue weighted by molar-refractivity contribution is -0.133. The number of nitrogens with zero attached hydrogens (tertiary/aromatic N) is 2. The van der Waals surface area contributed by atoms with Crippen LogP contribution in [0.2, 0.25) is 0 Å². The highest BCUT2D eigenvalue weighted by molar-refractivity contribution is 5.78. The minimum atomic E-state index is -0.00286. The molecule has 0 unspecified atom stereocenters. The van der Waals surface area contributed by atoms with Crippen LogP contribution in [0.5, 0.6) is 11.5 Å². The maximum Gasteiger partial charge on any atom is 0.260 e. The zero-order valence-corrected chi connectivity index (χ0v) is 14.7. The second-order valence-corrected chi connectivity index (χ2v) is 6.41. The van der Waals surface area contributed by atoms with Gasteiger partial charge in [0.15, 0.2) is 6.61 Å². The average Bonchev–Trinajstić information content (AvgIpc) is 2.61. The second kappa shape index (κ2) is 7.47. The highest BCUT2D eigenvalue weighted by Gasteiger charge is 2.22. The highest BCUT2D eigenvalue weighted by Crippen LogP contribution is 2.27. The molecular weight excluding hydrogens is 316 g/mol. The Morgan fingerprint density at radius 1 is 1.08 bits per heavy atom. The molecule has 0 aromatic heterocycles. The Morgan fingerprint density at radius 3 is 2.48 bits per heavy atom. The first kappa shape index (κ1) is 17.1. The van der Waals surface area contributed by atoms with Crippen LogP contribution in [-0.2, 0) is 4.79 Å². The summed E-state index contributed by atoms with van der Waals surface area (Å²) in [4.78, 5) is 16.3. The maximum absolute atomic E-state index is 12.4. The number of hydrogen-bond donors (Lipinski definition) is 1. The number of para-hydroxylation sites is 2. The number of amides is 1. The third-order valence-corrected chi connectivity index (χ3v) is 4.54. The molecule has 0 radical (unpaired) electrons. The molecule has 2 aromatic carbocycles. The summed E-state index contributed by atoms with van der Waals surface area (Å²) in [5.41, 5.74) is 3.04. The van der Waals surface area contributed by atoms with Gasteiger partial charge in [0, 0.05) is 26.2 Å². The van der Waals surface area contributed by atoms with E-state index >= 15 is 0 Å². The molecular formula is C20H24N2O3. The first-order chi connectivity index (χ1) is 12.0. The molecule has 0 bridgehead atoms. The van der Waals surface area contributed by atoms with Crippen LogP contribution in [0.1, 0.15) is 11.1 Å². The van der Waals surface area contributed by atoms with Crippen LogP contribution in [0.4, 0.5) is 5.69 Å². The van der Waals surface area contributed by atoms with Crippen LogP contribution in [0.15, 0.2) is 42.5 Å². The number of aryl methyl sites for hydroxylation is 2. The quantitative estimate of drug-likeness (QED) is 0.930. The standard InChI is InChI=1S/C20H24N2O3/c1-15-7-8-19(16(2)13-15)25-14-20(24)22-11-9-21(10-12-22)17-5-3-4-6-18(17)23/h3-8,13,23H,9-12,14H2,1-2H3. The summed E-state index contributed by atoms with van der Waals surface area (Å²) < 4.78 is 5.69. The molecule has 0 atom stereocenters. The molecule has 1 saturated heterocycles. The van der Waals surface area contributed by atoms with Crippen LogP contribution in [0, 0.1) is 13.8 Å². The van der Waals surface area contributed by atoms with Gasteiger partial charge in [-0.3, -0.25) is 4.79 Å². The van der Waals surface area contributed by atoms with Crippen molar-refractivity contribution in [3.05, 3.63) is 53.6 Å². The summed E-state index contributed by atoms with van der Waals surface area (Å²) in [5, 5.41) is 9.95. The third-order valence-electron chi connectivity index (χ3n) is 4.54. The number of hydrogen-bond acceptors (Lipinski definition) is 4. The van der Waals surface area contributed by atoms with Gasteiger partial charge in [0.1, 0.15) is 11.5 Å². The molecule has 3 rings (SSSR count). The average molecular weight is 340 g/mol. The number of rotatable bonds is 4. The van der Waals surface area contributed by atoms with E-state index in [1.165, 1.54) is 5.56 Å². The number of phenols is 1. The smallest absolute Gasteiger partial charge is 0.260 e. The van der Waals surface area contributed by atoms with Crippen molar-refractivity contribution in [2.45, 2.75) is 13.8 Å². The van der Waals surface area contributed by atoms with Crippen molar-refractivity contribution in [3.63, 3.8) is 0 Å². The number of benzene rings is 2. The molecule has 0 aliphatic carbocycles. The molecule has 1 aliphatic rings. The van der Waals surface area contributed by atoms with E-state index in [2.05, 4.69) is 4.90 Å². The molecule has 0 spiro atoms. The van der Waals surface area contributed by atoms with E-state index < -0.39 is 0 Å². The van der Waals surface area contributed by atoms with E-state index in [-0.39, 0.29) is 18.3 Å². The minimum absolute atomic E-state index is 0.00286. The van der Waals surface area contributed by atoms with Gasteiger partial charge in [0.2, 0.25) is 0 Å². The Hall–Kier alpha value is -2.69. The van der Waals surface area contributed by atoms with Gasteiger partial charge in [-0.05, 0) is 37.6 Å². The molecule has 132 valence electrons. The summed E-state index contributed by atoms with van der Waals surface area (Å²) in [6, 6.07) is 13.2. The number of aromatic hydroxyl groups is 1. The highest BCUT2D eigenvalue weighted by atomic mass is 16.5. The Kier molecular flexibility index (Phi) is 5.12. The van der Waals surface area contributed by atoms with Crippen LogP contribution in [-0.4, -0.2) is 48.7 Å². The lowest BCUT2D eigenvalue weighted by atomic mass is 10.1. The predicted octanol–water partition coefficient (Wildman–Crippen LogP) is 2.74. The van der Waals surface area contributed by atoms with Gasteiger partial charge in [-0.25, -0.2) is 0 Å². The largest absolute Gasteiger partial charge is 0.506 e. The van der Waals surface area contributed by atoms with Crippen molar-refractivity contribution in [2.24, 2.45) is 0 Å². The molecule has 25 heavy (non-hydrogen) atoms. The first-order valence-corrected chi connectivity index (χ1v) is 8.55. The van der Waals surface area contributed by atoms with Gasteiger partial charge < -0.3 is 19.6 Å². The van der Waals surface area contributed by atoms with Gasteiger partial charge in [0.25, 0.3) is 5.91 Å². The first-order valence-electron chi connectivity index (χ1n) is 8.55. The predicted molar refractivity (Wildman–Crippen MR) is 98.3 cm³/mol. The minimum Gasteiger partial charge on any atom is -0.506 e. The molecule has 1 heterocycles. The normalized spacial score (nSPS) is 14.5. The molecule has 1 aliphatic heterocycles. The third kappa shape index (κ3) is 4.05. The molecule has 1 N–H and O–H groups in total. The topological polar surface area (TPSA) is 53.0 Å². The van der Waals surface area contributed by atoms with Crippen LogP contribution >= 0.6 is 0 Å². The summed E-state index contributed by atoms with van der Waals surface area (Å²) in [6.07, 6.45) is 0. The SMILES string of the molecule is Cc1ccc(OCC(=O)N2CCN(c3ccccc3O)CC2)c(C)c1. The van der Waals surface area contributed by atoms with Gasteiger partial charge in [-0.15, -0.1) is 0 Å². The molecule has 1 fully saturated rings. The van der Waals surface area contributed by atoms with E-state index in [0.29, 0.717) is 26.2 Å². The van der Waals surface area contributed by atoms with Crippen molar-refractivity contribution in [1.82, 2.24) is 4.90 Å². The van der Waals surface area contributed by atoms with Crippen molar-refractivity contribution in [1.29, 1.82) is 0 Å². The fourth-order valence-electron chi connectivity index (χ4n) is 3.12. The Bertz CT molecular complexity index is 752. The van der Waals surface area contributed by atoms with Gasteiger partial charge >= 0.3 is 0 Å². The number of carbonyl (C=O) groups is 1. The van der Waals surface area contributed by atoms with Crippen LogP contribution in [0.25, 0.3) is 0 Å². The Morgan fingerprint density at radius 2 is 1.80 bits per heavy atom. The zero-order chi connectivity index (χ0) is 17.8. The van der Waals surface area contributed by atoms with E-state index in [9.17, 15) is 9.90 Å². The monoisotopic (exact) mass is 340 g/mol.